The average molecular weight is 354 g/mol. The van der Waals surface area contributed by atoms with Crippen molar-refractivity contribution >= 4 is 17.4 Å². The van der Waals surface area contributed by atoms with Crippen molar-refractivity contribution in [2.75, 3.05) is 5.32 Å². The van der Waals surface area contributed by atoms with Crippen molar-refractivity contribution in [2.24, 2.45) is 0 Å². The molecule has 0 fully saturated rings. The highest BCUT2D eigenvalue weighted by atomic mass is 19.3. The normalized spacial score (nSPS) is 10.8. The molecule has 1 aromatic heterocycles. The van der Waals surface area contributed by atoms with Crippen molar-refractivity contribution < 1.29 is 23.2 Å². The molecule has 1 N–H and O–H groups in total. The van der Waals surface area contributed by atoms with E-state index >= 15 is 0 Å². The highest BCUT2D eigenvalue weighted by Gasteiger charge is 2.16. The summed E-state index contributed by atoms with van der Waals surface area (Å²) in [6.07, 6.45) is 0.0500. The third kappa shape index (κ3) is 4.96. The number of amides is 1. The number of carbonyl (C=O) groups is 1. The SMILES string of the molecule is Cc1cc(OC(F)F)ccc1NC(=O)CCn1nc([N+](=O)[O-])cc1C. The Bertz CT molecular complexity index is 792. The fourth-order valence-corrected chi connectivity index (χ4v) is 2.18. The number of ether oxygens (including phenoxy) is 1. The minimum atomic E-state index is -2.92. The van der Waals surface area contributed by atoms with Gasteiger partial charge < -0.3 is 20.2 Å². The minimum Gasteiger partial charge on any atom is -0.435 e. The maximum atomic E-state index is 12.2. The number of carbonyl (C=O) groups excluding carboxylic acids is 1. The van der Waals surface area contributed by atoms with Gasteiger partial charge in [-0.15, -0.1) is 0 Å². The summed E-state index contributed by atoms with van der Waals surface area (Å²) in [5.41, 5.74) is 1.61. The van der Waals surface area contributed by atoms with Crippen molar-refractivity contribution in [3.8, 4) is 5.75 Å². The third-order valence-electron chi connectivity index (χ3n) is 3.40. The van der Waals surface area contributed by atoms with E-state index in [-0.39, 0.29) is 30.4 Å². The fraction of sp³-hybridized carbons (Fsp3) is 0.333. The molecule has 2 aromatic rings. The monoisotopic (exact) mass is 354 g/mol. The smallest absolute Gasteiger partial charge is 0.390 e. The molecule has 0 aliphatic carbocycles. The van der Waals surface area contributed by atoms with Crippen LogP contribution in [0.1, 0.15) is 17.7 Å². The van der Waals surface area contributed by atoms with Crippen LogP contribution in [0.5, 0.6) is 5.75 Å². The summed E-state index contributed by atoms with van der Waals surface area (Å²) < 4.78 is 30.0. The predicted octanol–water partition coefficient (Wildman–Crippen LogP) is 3.04. The number of aryl methyl sites for hydroxylation is 3. The van der Waals surface area contributed by atoms with E-state index < -0.39 is 11.5 Å². The Morgan fingerprint density at radius 1 is 1.40 bits per heavy atom. The molecule has 134 valence electrons. The van der Waals surface area contributed by atoms with Gasteiger partial charge in [-0.1, -0.05) is 0 Å². The number of halogens is 2. The molecule has 1 heterocycles. The van der Waals surface area contributed by atoms with Gasteiger partial charge in [0.2, 0.25) is 5.91 Å². The van der Waals surface area contributed by atoms with E-state index in [2.05, 4.69) is 15.2 Å². The van der Waals surface area contributed by atoms with E-state index in [9.17, 15) is 23.7 Å². The molecule has 10 heteroatoms. The number of alkyl halides is 2. The number of nitrogens with zero attached hydrogens (tertiary/aromatic N) is 3. The number of aromatic nitrogens is 2. The molecule has 0 unspecified atom stereocenters. The van der Waals surface area contributed by atoms with E-state index in [1.807, 2.05) is 0 Å². The highest BCUT2D eigenvalue weighted by Crippen LogP contribution is 2.23. The number of hydrogen-bond donors (Lipinski definition) is 1. The maximum absolute atomic E-state index is 12.2. The average Bonchev–Trinajstić information content (AvgIpc) is 2.89. The van der Waals surface area contributed by atoms with Gasteiger partial charge in [0.15, 0.2) is 0 Å². The molecule has 0 spiro atoms. The second-order valence-electron chi connectivity index (χ2n) is 5.28. The molecule has 1 amide bonds. The van der Waals surface area contributed by atoms with Crippen LogP contribution >= 0.6 is 0 Å². The number of hydrogen-bond acceptors (Lipinski definition) is 5. The van der Waals surface area contributed by atoms with Gasteiger partial charge in [0.25, 0.3) is 0 Å². The Morgan fingerprint density at radius 2 is 2.12 bits per heavy atom. The molecule has 8 nitrogen and oxygen atoms in total. The van der Waals surface area contributed by atoms with Gasteiger partial charge in [0.1, 0.15) is 5.75 Å². The number of anilines is 1. The lowest BCUT2D eigenvalue weighted by atomic mass is 10.2. The van der Waals surface area contributed by atoms with Gasteiger partial charge >= 0.3 is 12.4 Å². The summed E-state index contributed by atoms with van der Waals surface area (Å²) in [7, 11) is 0. The van der Waals surface area contributed by atoms with E-state index in [0.29, 0.717) is 16.9 Å². The molecular formula is C15H16F2N4O4. The molecule has 0 aliphatic rings. The van der Waals surface area contributed by atoms with Crippen molar-refractivity contribution in [2.45, 2.75) is 33.4 Å². The van der Waals surface area contributed by atoms with Crippen molar-refractivity contribution in [1.29, 1.82) is 0 Å². The van der Waals surface area contributed by atoms with Crippen LogP contribution in [0.4, 0.5) is 20.3 Å². The van der Waals surface area contributed by atoms with Crippen LogP contribution < -0.4 is 10.1 Å². The van der Waals surface area contributed by atoms with E-state index in [1.165, 1.54) is 28.9 Å². The Morgan fingerprint density at radius 3 is 2.68 bits per heavy atom. The molecule has 0 aliphatic heterocycles. The number of nitro groups is 1. The van der Waals surface area contributed by atoms with Crippen molar-refractivity contribution in [3.63, 3.8) is 0 Å². The third-order valence-corrected chi connectivity index (χ3v) is 3.40. The van der Waals surface area contributed by atoms with Crippen LogP contribution in [0.25, 0.3) is 0 Å². The molecule has 2 rings (SSSR count). The zero-order valence-electron chi connectivity index (χ0n) is 13.5. The van der Waals surface area contributed by atoms with Crippen LogP contribution in [-0.4, -0.2) is 27.2 Å². The zero-order chi connectivity index (χ0) is 18.6. The molecule has 0 saturated carbocycles. The Hall–Kier alpha value is -3.04. The number of benzene rings is 1. The molecule has 1 aromatic carbocycles. The first-order chi connectivity index (χ1) is 11.8. The van der Waals surface area contributed by atoms with Gasteiger partial charge in [-0.2, -0.15) is 13.5 Å². The molecule has 25 heavy (non-hydrogen) atoms. The largest absolute Gasteiger partial charge is 0.435 e. The maximum Gasteiger partial charge on any atom is 0.390 e. The van der Waals surface area contributed by atoms with Crippen molar-refractivity contribution in [3.05, 3.63) is 45.6 Å². The highest BCUT2D eigenvalue weighted by molar-refractivity contribution is 5.91. The summed E-state index contributed by atoms with van der Waals surface area (Å²) in [5, 5.41) is 17.1. The second-order valence-corrected chi connectivity index (χ2v) is 5.28. The lowest BCUT2D eigenvalue weighted by Crippen LogP contribution is -2.16. The topological polar surface area (TPSA) is 99.3 Å². The van der Waals surface area contributed by atoms with Crippen molar-refractivity contribution in [1.82, 2.24) is 9.78 Å². The summed E-state index contributed by atoms with van der Waals surface area (Å²) in [6, 6.07) is 5.51. The van der Waals surface area contributed by atoms with Crippen LogP contribution in [0.3, 0.4) is 0 Å². The van der Waals surface area contributed by atoms with Gasteiger partial charge in [0, 0.05) is 12.1 Å². The minimum absolute atomic E-state index is 0.00461. The molecule has 0 atom stereocenters. The predicted molar refractivity (Wildman–Crippen MR) is 84.7 cm³/mol. The number of rotatable bonds is 7. The van der Waals surface area contributed by atoms with Gasteiger partial charge in [-0.05, 0) is 42.5 Å². The van der Waals surface area contributed by atoms with Crippen LogP contribution in [0, 0.1) is 24.0 Å². The Kier molecular flexibility index (Phi) is 5.63. The first kappa shape index (κ1) is 18.3. The van der Waals surface area contributed by atoms with Crippen LogP contribution in [-0.2, 0) is 11.3 Å². The lowest BCUT2D eigenvalue weighted by Gasteiger charge is -2.11. The molecule has 0 radical (unpaired) electrons. The molecule has 0 saturated heterocycles. The quantitative estimate of drug-likeness (QED) is 0.608. The van der Waals surface area contributed by atoms with Crippen LogP contribution in [0.15, 0.2) is 24.3 Å². The first-order valence-corrected chi connectivity index (χ1v) is 7.30. The van der Waals surface area contributed by atoms with Crippen LogP contribution in [0.2, 0.25) is 0 Å². The van der Waals surface area contributed by atoms with Gasteiger partial charge in [-0.3, -0.25) is 4.79 Å². The fourth-order valence-electron chi connectivity index (χ4n) is 2.18. The number of nitrogens with one attached hydrogen (secondary N) is 1. The van der Waals surface area contributed by atoms with E-state index in [1.54, 1.807) is 13.8 Å². The summed E-state index contributed by atoms with van der Waals surface area (Å²) in [6.45, 7) is 0.566. The summed E-state index contributed by atoms with van der Waals surface area (Å²) in [5.74, 6) is -0.600. The Labute approximate surface area is 141 Å². The lowest BCUT2D eigenvalue weighted by molar-refractivity contribution is -0.389. The summed E-state index contributed by atoms with van der Waals surface area (Å²) >= 11 is 0. The van der Waals surface area contributed by atoms with Gasteiger partial charge in [-0.25, -0.2) is 0 Å². The van der Waals surface area contributed by atoms with E-state index in [0.717, 1.165) is 0 Å². The standard InChI is InChI=1S/C15H16F2N4O4/c1-9-7-11(25-15(16)17)3-4-12(9)18-14(22)5-6-20-10(2)8-13(19-20)21(23)24/h3-4,7-8,15H,5-6H2,1-2H3,(H,18,22). The molecule has 0 bridgehead atoms. The second kappa shape index (κ2) is 7.69. The summed E-state index contributed by atoms with van der Waals surface area (Å²) in [4.78, 5) is 22.1. The van der Waals surface area contributed by atoms with Gasteiger partial charge in [0.05, 0.1) is 23.4 Å². The molecular weight excluding hydrogens is 338 g/mol. The Balaban J connectivity index is 1.95. The first-order valence-electron chi connectivity index (χ1n) is 7.30. The van der Waals surface area contributed by atoms with E-state index in [4.69, 9.17) is 0 Å². The zero-order valence-corrected chi connectivity index (χ0v) is 13.5.